The molecule has 0 heterocycles. The van der Waals surface area contributed by atoms with Gasteiger partial charge in [-0.05, 0) is 72.6 Å². The first-order chi connectivity index (χ1) is 16.2. The van der Waals surface area contributed by atoms with E-state index < -0.39 is 11.8 Å². The van der Waals surface area contributed by atoms with Gasteiger partial charge < -0.3 is 10.3 Å². The first-order valence-electron chi connectivity index (χ1n) is 11.2. The number of allylic oxidation sites excluding steroid dienone is 7. The fourth-order valence-electron chi connectivity index (χ4n) is 3.68. The van der Waals surface area contributed by atoms with Gasteiger partial charge in [-0.1, -0.05) is 79.2 Å². The third-order valence-corrected chi connectivity index (χ3v) is 5.90. The fraction of sp³-hybridized carbons (Fsp3) is 0.241. The molecule has 3 rings (SSSR count). The van der Waals surface area contributed by atoms with E-state index >= 15 is 0 Å². The Bertz CT molecular complexity index is 1200. The van der Waals surface area contributed by atoms with Crippen molar-refractivity contribution in [1.29, 1.82) is 0 Å². The molecular formula is C29H30FNO3. The number of aryl methyl sites for hydroxylation is 1. The number of carboxylic acid groups (broad SMARTS) is 1. The molecule has 0 atom stereocenters. The highest BCUT2D eigenvalue weighted by Crippen LogP contribution is 2.31. The molecule has 0 aromatic heterocycles. The predicted octanol–water partition coefficient (Wildman–Crippen LogP) is 7.45. The number of nitrogens with zero attached hydrogens (tertiary/aromatic N) is 1. The SMILES string of the molecule is Cc1ccc(/C2=C/CC(C)(C)C/C=C(C(/C=C/c3ccc(C(=O)O)cc3F)=N/O)\C=C/C2)cc1. The van der Waals surface area contributed by atoms with Crippen LogP contribution in [-0.2, 0) is 0 Å². The average molecular weight is 460 g/mol. The Morgan fingerprint density at radius 3 is 2.44 bits per heavy atom. The van der Waals surface area contributed by atoms with Crippen molar-refractivity contribution in [2.45, 2.75) is 40.0 Å². The Morgan fingerprint density at radius 1 is 1.09 bits per heavy atom. The summed E-state index contributed by atoms with van der Waals surface area (Å²) < 4.78 is 14.3. The third kappa shape index (κ3) is 6.64. The number of aromatic carboxylic acids is 1. The molecule has 1 aliphatic carbocycles. The van der Waals surface area contributed by atoms with Gasteiger partial charge in [-0.3, -0.25) is 0 Å². The minimum absolute atomic E-state index is 0.00454. The van der Waals surface area contributed by atoms with Gasteiger partial charge in [0.2, 0.25) is 0 Å². The van der Waals surface area contributed by atoms with Gasteiger partial charge in [0.25, 0.3) is 0 Å². The van der Waals surface area contributed by atoms with Gasteiger partial charge in [0.05, 0.1) is 5.56 Å². The molecule has 1 aliphatic rings. The van der Waals surface area contributed by atoms with E-state index in [9.17, 15) is 14.4 Å². The van der Waals surface area contributed by atoms with Crippen LogP contribution in [-0.4, -0.2) is 22.0 Å². The lowest BCUT2D eigenvalue weighted by molar-refractivity contribution is 0.0696. The number of carboxylic acids is 1. The van der Waals surface area contributed by atoms with Gasteiger partial charge in [0.1, 0.15) is 11.5 Å². The van der Waals surface area contributed by atoms with Crippen LogP contribution in [0.2, 0.25) is 0 Å². The largest absolute Gasteiger partial charge is 0.478 e. The van der Waals surface area contributed by atoms with Gasteiger partial charge in [0, 0.05) is 5.56 Å². The second-order valence-electron chi connectivity index (χ2n) is 9.29. The molecule has 2 N–H and O–H groups in total. The molecule has 0 unspecified atom stereocenters. The van der Waals surface area contributed by atoms with Crippen molar-refractivity contribution in [2.75, 3.05) is 0 Å². The first-order valence-corrected chi connectivity index (χ1v) is 11.2. The van der Waals surface area contributed by atoms with E-state index in [0.29, 0.717) is 5.71 Å². The standard InChI is InChI=1S/C29H30FNO3/c1-20-7-9-22(10-8-20)21-5-4-6-24(16-18-29(2,3)17-15-21)27(31-34)14-13-23-11-12-25(28(32)33)19-26(23)30/h4,6-16,19,34H,5,17-18H2,1-3H3,(H,32,33)/b6-4-,14-13+,21-15+,24-16+,31-27+. The molecule has 4 nitrogen and oxygen atoms in total. The molecule has 176 valence electrons. The van der Waals surface area contributed by atoms with Crippen LogP contribution in [0.5, 0.6) is 0 Å². The molecule has 0 amide bonds. The summed E-state index contributed by atoms with van der Waals surface area (Å²) in [5.74, 6) is -1.84. The molecule has 0 radical (unpaired) electrons. The van der Waals surface area contributed by atoms with Crippen molar-refractivity contribution in [2.24, 2.45) is 10.6 Å². The summed E-state index contributed by atoms with van der Waals surface area (Å²) in [6.45, 7) is 6.46. The number of benzene rings is 2. The number of carbonyl (C=O) groups is 1. The Labute approximate surface area is 200 Å². The summed E-state index contributed by atoms with van der Waals surface area (Å²) >= 11 is 0. The van der Waals surface area contributed by atoms with Crippen molar-refractivity contribution in [1.82, 2.24) is 0 Å². The van der Waals surface area contributed by atoms with E-state index in [4.69, 9.17) is 5.11 Å². The molecule has 0 aliphatic heterocycles. The van der Waals surface area contributed by atoms with Crippen LogP contribution in [0.3, 0.4) is 0 Å². The van der Waals surface area contributed by atoms with E-state index in [1.807, 2.05) is 18.2 Å². The van der Waals surface area contributed by atoms with E-state index in [0.717, 1.165) is 30.9 Å². The van der Waals surface area contributed by atoms with Gasteiger partial charge in [-0.2, -0.15) is 0 Å². The lowest BCUT2D eigenvalue weighted by Gasteiger charge is -2.23. The van der Waals surface area contributed by atoms with E-state index in [-0.39, 0.29) is 16.5 Å². The Morgan fingerprint density at radius 2 is 1.79 bits per heavy atom. The summed E-state index contributed by atoms with van der Waals surface area (Å²) in [5.41, 5.74) is 4.77. The van der Waals surface area contributed by atoms with Crippen LogP contribution in [0.25, 0.3) is 11.6 Å². The smallest absolute Gasteiger partial charge is 0.335 e. The summed E-state index contributed by atoms with van der Waals surface area (Å²) in [4.78, 5) is 11.0. The van der Waals surface area contributed by atoms with Crippen LogP contribution in [0.4, 0.5) is 4.39 Å². The molecule has 0 saturated heterocycles. The molecule has 0 bridgehead atoms. The predicted molar refractivity (Wildman–Crippen MR) is 136 cm³/mol. The van der Waals surface area contributed by atoms with Crippen LogP contribution >= 0.6 is 0 Å². The van der Waals surface area contributed by atoms with Gasteiger partial charge in [-0.25, -0.2) is 9.18 Å². The number of rotatable bonds is 5. The van der Waals surface area contributed by atoms with Crippen molar-refractivity contribution >= 4 is 23.3 Å². The average Bonchev–Trinajstić information content (AvgIpc) is 2.80. The maximum Gasteiger partial charge on any atom is 0.335 e. The summed E-state index contributed by atoms with van der Waals surface area (Å²) in [7, 11) is 0. The maximum absolute atomic E-state index is 14.3. The summed E-state index contributed by atoms with van der Waals surface area (Å²) in [6.07, 6.45) is 13.7. The summed E-state index contributed by atoms with van der Waals surface area (Å²) in [5, 5.41) is 22.1. The van der Waals surface area contributed by atoms with Crippen LogP contribution < -0.4 is 0 Å². The van der Waals surface area contributed by atoms with Gasteiger partial charge >= 0.3 is 5.97 Å². The van der Waals surface area contributed by atoms with Gasteiger partial charge in [0.15, 0.2) is 0 Å². The molecule has 5 heteroatoms. The second-order valence-corrected chi connectivity index (χ2v) is 9.29. The van der Waals surface area contributed by atoms with E-state index in [1.54, 1.807) is 0 Å². The van der Waals surface area contributed by atoms with Gasteiger partial charge in [-0.15, -0.1) is 0 Å². The minimum Gasteiger partial charge on any atom is -0.478 e. The Hall–Kier alpha value is -3.73. The number of hydrogen-bond acceptors (Lipinski definition) is 3. The van der Waals surface area contributed by atoms with Crippen molar-refractivity contribution in [3.8, 4) is 0 Å². The van der Waals surface area contributed by atoms with E-state index in [1.165, 1.54) is 41.0 Å². The van der Waals surface area contributed by atoms with Crippen LogP contribution in [0.15, 0.2) is 83.6 Å². The number of hydrogen-bond donors (Lipinski definition) is 2. The van der Waals surface area contributed by atoms with Crippen LogP contribution in [0.1, 0.15) is 60.2 Å². The minimum atomic E-state index is -1.19. The molecule has 34 heavy (non-hydrogen) atoms. The van der Waals surface area contributed by atoms with Crippen LogP contribution in [0, 0.1) is 18.2 Å². The molecule has 0 saturated carbocycles. The normalized spacial score (nSPS) is 20.8. The first kappa shape index (κ1) is 24.9. The zero-order valence-electron chi connectivity index (χ0n) is 19.8. The lowest BCUT2D eigenvalue weighted by atomic mass is 9.82. The molecule has 2 aromatic rings. The quantitative estimate of drug-likeness (QED) is 0.277. The highest BCUT2D eigenvalue weighted by atomic mass is 19.1. The molecule has 2 aromatic carbocycles. The zero-order valence-corrected chi connectivity index (χ0v) is 19.8. The zero-order chi connectivity index (χ0) is 24.7. The molecular weight excluding hydrogens is 429 g/mol. The van der Waals surface area contributed by atoms with Crippen molar-refractivity contribution < 1.29 is 19.5 Å². The third-order valence-electron chi connectivity index (χ3n) is 5.90. The molecule has 0 spiro atoms. The van der Waals surface area contributed by atoms with Crippen molar-refractivity contribution in [3.63, 3.8) is 0 Å². The maximum atomic E-state index is 14.3. The number of oxime groups is 1. The Kier molecular flexibility index (Phi) is 8.00. The monoisotopic (exact) mass is 459 g/mol. The highest BCUT2D eigenvalue weighted by Gasteiger charge is 2.17. The highest BCUT2D eigenvalue weighted by molar-refractivity contribution is 6.12. The number of halogens is 1. The van der Waals surface area contributed by atoms with Crippen molar-refractivity contribution in [3.05, 3.63) is 106 Å². The topological polar surface area (TPSA) is 69.9 Å². The molecule has 0 fully saturated rings. The summed E-state index contributed by atoms with van der Waals surface area (Å²) in [6, 6.07) is 12.2. The second kappa shape index (κ2) is 10.9. The van der Waals surface area contributed by atoms with E-state index in [2.05, 4.69) is 56.3 Å². The fourth-order valence-corrected chi connectivity index (χ4v) is 3.68. The Balaban J connectivity index is 1.88. The lowest BCUT2D eigenvalue weighted by Crippen LogP contribution is -2.10.